The third-order valence-corrected chi connectivity index (χ3v) is 7.18. The van der Waals surface area contributed by atoms with Gasteiger partial charge in [-0.2, -0.15) is 0 Å². The summed E-state index contributed by atoms with van der Waals surface area (Å²) in [7, 11) is 0. The summed E-state index contributed by atoms with van der Waals surface area (Å²) in [5.41, 5.74) is 0.770. The van der Waals surface area contributed by atoms with E-state index in [1.165, 1.54) is 12.6 Å². The van der Waals surface area contributed by atoms with Gasteiger partial charge in [0.05, 0.1) is 23.1 Å². The topological polar surface area (TPSA) is 112 Å². The number of phenolic OH excluding ortho intramolecular Hbond substituents is 1. The molecule has 2 aliphatic heterocycles. The molecular weight excluding hydrogens is 509 g/mol. The standard InChI is InChI=1S/C18H14ClFN2O3S.C7H11NO2/c19-11-3-1-10(2-4-11)7-22-18(25)12-6-15(24)13(5-14(12)20)16-8-21-17(9-23)26-16;9-7-8-4-2-1-3-6(8)5-10-7/h1-6,8,23-24H,7,9H2,(H,22,25);6H,1-5H2. The highest BCUT2D eigenvalue weighted by atomic mass is 35.5. The van der Waals surface area contributed by atoms with Crippen LogP contribution in [0.3, 0.4) is 0 Å². The Kier molecular flexibility index (Phi) is 8.40. The first kappa shape index (κ1) is 25.9. The molecule has 3 heterocycles. The fourth-order valence-electron chi connectivity index (χ4n) is 3.99. The molecule has 3 N–H and O–H groups in total. The minimum atomic E-state index is -0.759. The van der Waals surface area contributed by atoms with Gasteiger partial charge in [0.1, 0.15) is 23.2 Å². The van der Waals surface area contributed by atoms with E-state index >= 15 is 0 Å². The zero-order valence-electron chi connectivity index (χ0n) is 19.2. The molecule has 190 valence electrons. The number of piperidine rings is 1. The molecule has 0 bridgehead atoms. The fraction of sp³-hybridized carbons (Fsp3) is 0.320. The van der Waals surface area contributed by atoms with Crippen molar-refractivity contribution in [2.24, 2.45) is 0 Å². The normalized spacial score (nSPS) is 16.6. The lowest BCUT2D eigenvalue weighted by Crippen LogP contribution is -2.37. The van der Waals surface area contributed by atoms with E-state index in [0.29, 0.717) is 27.6 Å². The molecule has 0 radical (unpaired) electrons. The van der Waals surface area contributed by atoms with Gasteiger partial charge in [0.2, 0.25) is 0 Å². The number of fused-ring (bicyclic) bond motifs is 1. The number of aliphatic hydroxyl groups excluding tert-OH is 1. The summed E-state index contributed by atoms with van der Waals surface area (Å²) in [4.78, 5) is 29.4. The highest BCUT2D eigenvalue weighted by molar-refractivity contribution is 7.15. The Morgan fingerprint density at radius 2 is 2.06 bits per heavy atom. The summed E-state index contributed by atoms with van der Waals surface area (Å²) < 4.78 is 19.3. The molecule has 2 amide bonds. The number of carbonyl (C=O) groups excluding carboxylic acids is 2. The molecule has 5 rings (SSSR count). The number of halogens is 2. The number of ether oxygens (including phenoxy) is 1. The molecule has 36 heavy (non-hydrogen) atoms. The second kappa shape index (κ2) is 11.7. The number of benzene rings is 2. The summed E-state index contributed by atoms with van der Waals surface area (Å²) in [5, 5.41) is 22.9. The zero-order valence-corrected chi connectivity index (χ0v) is 20.8. The maximum atomic E-state index is 14.4. The Bertz CT molecular complexity index is 1240. The fourth-order valence-corrected chi connectivity index (χ4v) is 4.91. The summed E-state index contributed by atoms with van der Waals surface area (Å²) in [6.07, 6.45) is 4.85. The number of aromatic hydroxyl groups is 1. The van der Waals surface area contributed by atoms with Gasteiger partial charge in [-0.3, -0.25) is 4.79 Å². The summed E-state index contributed by atoms with van der Waals surface area (Å²) in [6.45, 7) is 1.49. The van der Waals surface area contributed by atoms with E-state index < -0.39 is 11.7 Å². The predicted octanol–water partition coefficient (Wildman–Crippen LogP) is 4.72. The molecular formula is C25H25ClFN3O5S. The Balaban J connectivity index is 0.000000251. The molecule has 1 atom stereocenters. The number of amides is 2. The molecule has 8 nitrogen and oxygen atoms in total. The number of aromatic nitrogens is 1. The van der Waals surface area contributed by atoms with Crippen molar-refractivity contribution in [3.05, 3.63) is 69.6 Å². The van der Waals surface area contributed by atoms with Crippen LogP contribution in [-0.2, 0) is 17.9 Å². The zero-order chi connectivity index (χ0) is 25.7. The van der Waals surface area contributed by atoms with E-state index in [2.05, 4.69) is 10.3 Å². The molecule has 0 spiro atoms. The average Bonchev–Trinajstić information content (AvgIpc) is 3.52. The Morgan fingerprint density at radius 1 is 1.28 bits per heavy atom. The number of carbonyl (C=O) groups is 2. The third kappa shape index (κ3) is 6.13. The van der Waals surface area contributed by atoms with Gasteiger partial charge in [-0.25, -0.2) is 14.2 Å². The predicted molar refractivity (Wildman–Crippen MR) is 133 cm³/mol. The van der Waals surface area contributed by atoms with Gasteiger partial charge in [0, 0.05) is 29.9 Å². The molecule has 0 aliphatic carbocycles. The maximum Gasteiger partial charge on any atom is 0.410 e. The highest BCUT2D eigenvalue weighted by Crippen LogP contribution is 2.35. The van der Waals surface area contributed by atoms with Crippen LogP contribution in [0.1, 0.15) is 40.2 Å². The highest BCUT2D eigenvalue weighted by Gasteiger charge is 2.34. The number of nitrogens with zero attached hydrogens (tertiary/aromatic N) is 2. The van der Waals surface area contributed by atoms with Crippen LogP contribution in [0, 0.1) is 5.82 Å². The van der Waals surface area contributed by atoms with Gasteiger partial charge < -0.3 is 25.2 Å². The first-order valence-corrected chi connectivity index (χ1v) is 12.6. The largest absolute Gasteiger partial charge is 0.507 e. The van der Waals surface area contributed by atoms with E-state index in [1.54, 1.807) is 24.3 Å². The van der Waals surface area contributed by atoms with E-state index in [4.69, 9.17) is 21.4 Å². The van der Waals surface area contributed by atoms with Crippen molar-refractivity contribution in [3.8, 4) is 16.2 Å². The quantitative estimate of drug-likeness (QED) is 0.437. The number of cyclic esters (lactones) is 1. The first-order chi connectivity index (χ1) is 17.4. The minimum absolute atomic E-state index is 0.107. The Hall–Kier alpha value is -3.21. The van der Waals surface area contributed by atoms with Crippen molar-refractivity contribution in [1.82, 2.24) is 15.2 Å². The molecule has 2 aromatic carbocycles. The van der Waals surface area contributed by atoms with Crippen molar-refractivity contribution >= 4 is 34.9 Å². The summed E-state index contributed by atoms with van der Waals surface area (Å²) in [6, 6.07) is 9.46. The smallest absolute Gasteiger partial charge is 0.410 e. The van der Waals surface area contributed by atoms with Crippen LogP contribution in [0.25, 0.3) is 10.4 Å². The van der Waals surface area contributed by atoms with Crippen LogP contribution in [0.15, 0.2) is 42.6 Å². The molecule has 0 saturated carbocycles. The van der Waals surface area contributed by atoms with Gasteiger partial charge in [0.15, 0.2) is 0 Å². The number of thiazole rings is 1. The maximum absolute atomic E-state index is 14.4. The van der Waals surface area contributed by atoms with Crippen molar-refractivity contribution < 1.29 is 28.9 Å². The molecule has 2 fully saturated rings. The lowest BCUT2D eigenvalue weighted by molar-refractivity contribution is 0.0946. The molecule has 1 unspecified atom stereocenters. The molecule has 1 aromatic heterocycles. The second-order valence-corrected chi connectivity index (χ2v) is 9.91. The Labute approximate surface area is 216 Å². The summed E-state index contributed by atoms with van der Waals surface area (Å²) >= 11 is 6.94. The van der Waals surface area contributed by atoms with E-state index in [9.17, 15) is 19.1 Å². The molecule has 11 heteroatoms. The van der Waals surface area contributed by atoms with Crippen molar-refractivity contribution in [1.29, 1.82) is 0 Å². The summed E-state index contributed by atoms with van der Waals surface area (Å²) in [5.74, 6) is -1.64. The van der Waals surface area contributed by atoms with Crippen LogP contribution in [-0.4, -0.2) is 51.3 Å². The first-order valence-electron chi connectivity index (χ1n) is 11.4. The van der Waals surface area contributed by atoms with Crippen LogP contribution >= 0.6 is 22.9 Å². The van der Waals surface area contributed by atoms with Crippen LogP contribution in [0.5, 0.6) is 5.75 Å². The van der Waals surface area contributed by atoms with Gasteiger partial charge >= 0.3 is 6.09 Å². The van der Waals surface area contributed by atoms with Crippen LogP contribution in [0.2, 0.25) is 5.02 Å². The van der Waals surface area contributed by atoms with Crippen LogP contribution < -0.4 is 5.32 Å². The lowest BCUT2D eigenvalue weighted by Gasteiger charge is -2.25. The van der Waals surface area contributed by atoms with E-state index in [-0.39, 0.29) is 36.1 Å². The molecule has 2 saturated heterocycles. The minimum Gasteiger partial charge on any atom is -0.507 e. The second-order valence-electron chi connectivity index (χ2n) is 8.35. The van der Waals surface area contributed by atoms with E-state index in [1.807, 2.05) is 4.90 Å². The number of hydrogen-bond donors (Lipinski definition) is 3. The number of rotatable bonds is 5. The average molecular weight is 534 g/mol. The van der Waals surface area contributed by atoms with Crippen molar-refractivity contribution in [2.75, 3.05) is 13.2 Å². The third-order valence-electron chi connectivity index (χ3n) is 5.91. The van der Waals surface area contributed by atoms with Gasteiger partial charge in [0.25, 0.3) is 5.91 Å². The van der Waals surface area contributed by atoms with Gasteiger partial charge in [-0.1, -0.05) is 23.7 Å². The lowest BCUT2D eigenvalue weighted by atomic mass is 10.0. The Morgan fingerprint density at radius 3 is 2.75 bits per heavy atom. The monoisotopic (exact) mass is 533 g/mol. The number of phenols is 1. The number of hydrogen-bond acceptors (Lipinski definition) is 7. The van der Waals surface area contributed by atoms with Crippen LogP contribution in [0.4, 0.5) is 9.18 Å². The SMILES string of the molecule is O=C(NCc1ccc(Cl)cc1)c1cc(O)c(-c2cnc(CO)s2)cc1F.O=C1OCC2CCCCN12. The van der Waals surface area contributed by atoms with Gasteiger partial charge in [-0.05, 0) is 49.1 Å². The van der Waals surface area contributed by atoms with E-state index in [0.717, 1.165) is 48.4 Å². The number of aliphatic hydroxyl groups is 1. The van der Waals surface area contributed by atoms with Crippen molar-refractivity contribution in [2.45, 2.75) is 38.5 Å². The molecule has 3 aromatic rings. The number of nitrogens with one attached hydrogen (secondary N) is 1. The van der Waals surface area contributed by atoms with Gasteiger partial charge in [-0.15, -0.1) is 11.3 Å². The molecule has 2 aliphatic rings. The van der Waals surface area contributed by atoms with Crippen molar-refractivity contribution in [3.63, 3.8) is 0 Å².